The first kappa shape index (κ1) is 19.1. The summed E-state index contributed by atoms with van der Waals surface area (Å²) in [5, 5.41) is 0. The van der Waals surface area contributed by atoms with Gasteiger partial charge < -0.3 is 0 Å². The number of allylic oxidation sites excluding steroid dienone is 2. The maximum absolute atomic E-state index is 3.84. The first-order valence-corrected chi connectivity index (χ1v) is 8.50. The van der Waals surface area contributed by atoms with Crippen LogP contribution < -0.4 is 0 Å². The van der Waals surface area contributed by atoms with Crippen LogP contribution in [0.1, 0.15) is 83.1 Å². The van der Waals surface area contributed by atoms with Gasteiger partial charge in [0.15, 0.2) is 0 Å². The maximum atomic E-state index is 3.84. The molecule has 0 unspecified atom stereocenters. The lowest BCUT2D eigenvalue weighted by Gasteiger charge is -2.37. The summed E-state index contributed by atoms with van der Waals surface area (Å²) in [4.78, 5) is 0. The second kappa shape index (κ2) is 5.30. The van der Waals surface area contributed by atoms with E-state index in [2.05, 4.69) is 94.5 Å². The Bertz CT molecular complexity index is 476. The number of hydrogen-bond acceptors (Lipinski definition) is 0. The molecule has 0 heteroatoms. The largest absolute Gasteiger partial charge is 0.111 e. The molecule has 1 aliphatic carbocycles. The fraction of sp³-hybridized carbons (Fsp3) is 0.727. The second-order valence-corrected chi connectivity index (χ2v) is 10.8. The van der Waals surface area contributed by atoms with E-state index in [-0.39, 0.29) is 21.7 Å². The van der Waals surface area contributed by atoms with Crippen LogP contribution in [0.4, 0.5) is 0 Å². The van der Waals surface area contributed by atoms with Crippen LogP contribution in [0, 0.1) is 21.7 Å². The van der Waals surface area contributed by atoms with E-state index in [1.165, 1.54) is 22.3 Å². The second-order valence-electron chi connectivity index (χ2n) is 10.8. The van der Waals surface area contributed by atoms with Gasteiger partial charge in [-0.25, -0.2) is 0 Å². The van der Waals surface area contributed by atoms with E-state index in [1.54, 1.807) is 0 Å². The molecule has 0 fully saturated rings. The molecule has 0 atom stereocenters. The first-order chi connectivity index (χ1) is 9.45. The minimum atomic E-state index is 0.0789. The van der Waals surface area contributed by atoms with Gasteiger partial charge in [-0.15, -0.1) is 11.5 Å². The van der Waals surface area contributed by atoms with E-state index < -0.39 is 0 Å². The quantitative estimate of drug-likeness (QED) is 0.419. The number of rotatable bonds is 0. The molecule has 0 radical (unpaired) electrons. The van der Waals surface area contributed by atoms with Gasteiger partial charge in [0, 0.05) is 22.3 Å². The van der Waals surface area contributed by atoms with Crippen LogP contribution in [0.3, 0.4) is 0 Å². The summed E-state index contributed by atoms with van der Waals surface area (Å²) < 4.78 is 0. The van der Waals surface area contributed by atoms with Crippen LogP contribution in [0.5, 0.6) is 0 Å². The SMILES string of the molecule is CC(C)(C)C1=C=C(C(C)(C)C)C(C(C)(C)C)=C=C1C(C)(C)C. The van der Waals surface area contributed by atoms with Gasteiger partial charge >= 0.3 is 0 Å². The first-order valence-electron chi connectivity index (χ1n) is 8.50. The molecule has 1 rings (SSSR count). The van der Waals surface area contributed by atoms with E-state index in [4.69, 9.17) is 0 Å². The van der Waals surface area contributed by atoms with Crippen molar-refractivity contribution in [2.75, 3.05) is 0 Å². The van der Waals surface area contributed by atoms with Crippen molar-refractivity contribution < 1.29 is 0 Å². The van der Waals surface area contributed by atoms with Crippen molar-refractivity contribution in [3.8, 4) is 0 Å². The lowest BCUT2D eigenvalue weighted by atomic mass is 9.66. The summed E-state index contributed by atoms with van der Waals surface area (Å²) in [7, 11) is 0. The molecule has 0 N–H and O–H groups in total. The maximum Gasteiger partial charge on any atom is 0.0111 e. The predicted octanol–water partition coefficient (Wildman–Crippen LogP) is 7.09. The van der Waals surface area contributed by atoms with Crippen molar-refractivity contribution in [2.24, 2.45) is 21.7 Å². The zero-order chi connectivity index (χ0) is 17.7. The standard InChI is InChI=1S/C22H36/c1-19(2,3)15-13-17(21(7,8)9)18(22(10,11)12)14-16(15)20(4,5)6/h1-12H3. The van der Waals surface area contributed by atoms with E-state index in [0.717, 1.165) is 0 Å². The highest BCUT2D eigenvalue weighted by Gasteiger charge is 2.35. The third-order valence-corrected chi connectivity index (χ3v) is 4.00. The normalized spacial score (nSPS) is 17.6. The highest BCUT2D eigenvalue weighted by atomic mass is 14.4. The molecule has 0 amide bonds. The Morgan fingerprint density at radius 2 is 0.500 bits per heavy atom. The summed E-state index contributed by atoms with van der Waals surface area (Å²) in [6.45, 7) is 27.4. The summed E-state index contributed by atoms with van der Waals surface area (Å²) in [5.74, 6) is 0. The van der Waals surface area contributed by atoms with Crippen LogP contribution in [0.15, 0.2) is 33.8 Å². The van der Waals surface area contributed by atoms with Crippen molar-refractivity contribution in [3.05, 3.63) is 33.8 Å². The lowest BCUT2D eigenvalue weighted by Crippen LogP contribution is -2.25. The van der Waals surface area contributed by atoms with Crippen LogP contribution in [0.25, 0.3) is 0 Å². The topological polar surface area (TPSA) is 0 Å². The van der Waals surface area contributed by atoms with Crippen molar-refractivity contribution >= 4 is 0 Å². The molecule has 0 aliphatic heterocycles. The average Bonchev–Trinajstić information content (AvgIpc) is 2.22. The van der Waals surface area contributed by atoms with Gasteiger partial charge in [-0.1, -0.05) is 83.1 Å². The van der Waals surface area contributed by atoms with Crippen LogP contribution >= 0.6 is 0 Å². The van der Waals surface area contributed by atoms with Crippen molar-refractivity contribution in [2.45, 2.75) is 83.1 Å². The van der Waals surface area contributed by atoms with Gasteiger partial charge in [-0.3, -0.25) is 0 Å². The Kier molecular flexibility index (Phi) is 4.59. The van der Waals surface area contributed by atoms with Gasteiger partial charge in [0.1, 0.15) is 0 Å². The molecule has 1 aliphatic rings. The molecule has 0 bridgehead atoms. The predicted molar refractivity (Wildman–Crippen MR) is 98.9 cm³/mol. The molecule has 0 heterocycles. The van der Waals surface area contributed by atoms with Gasteiger partial charge in [0.2, 0.25) is 0 Å². The molecule has 0 aromatic rings. The van der Waals surface area contributed by atoms with E-state index in [1.807, 2.05) is 0 Å². The summed E-state index contributed by atoms with van der Waals surface area (Å²) in [6, 6.07) is 0. The zero-order valence-corrected chi connectivity index (χ0v) is 17.0. The monoisotopic (exact) mass is 300 g/mol. The van der Waals surface area contributed by atoms with E-state index >= 15 is 0 Å². The minimum Gasteiger partial charge on any atom is -0.111 e. The van der Waals surface area contributed by atoms with Crippen LogP contribution in [0.2, 0.25) is 0 Å². The van der Waals surface area contributed by atoms with Crippen LogP contribution in [-0.4, -0.2) is 0 Å². The molecule has 0 aromatic carbocycles. The number of hydrogen-bond donors (Lipinski definition) is 0. The third kappa shape index (κ3) is 4.07. The van der Waals surface area contributed by atoms with Crippen molar-refractivity contribution in [1.82, 2.24) is 0 Å². The smallest absolute Gasteiger partial charge is 0.0111 e. The molecule has 0 saturated heterocycles. The molecular formula is C22H36. The van der Waals surface area contributed by atoms with Gasteiger partial charge in [0.25, 0.3) is 0 Å². The molecule has 0 nitrogen and oxygen atoms in total. The summed E-state index contributed by atoms with van der Waals surface area (Å²) in [6.07, 6.45) is 0. The highest BCUT2D eigenvalue weighted by Crippen LogP contribution is 2.47. The highest BCUT2D eigenvalue weighted by molar-refractivity contribution is 5.51. The van der Waals surface area contributed by atoms with Gasteiger partial charge in [-0.05, 0) is 21.7 Å². The van der Waals surface area contributed by atoms with E-state index in [0.29, 0.717) is 0 Å². The summed E-state index contributed by atoms with van der Waals surface area (Å²) in [5.41, 5.74) is 13.3. The van der Waals surface area contributed by atoms with Crippen LogP contribution in [-0.2, 0) is 0 Å². The van der Waals surface area contributed by atoms with Gasteiger partial charge in [0.05, 0.1) is 0 Å². The lowest BCUT2D eigenvalue weighted by molar-refractivity contribution is 0.425. The summed E-state index contributed by atoms with van der Waals surface area (Å²) >= 11 is 0. The van der Waals surface area contributed by atoms with Crippen molar-refractivity contribution in [1.29, 1.82) is 0 Å². The molecular weight excluding hydrogens is 264 g/mol. The fourth-order valence-corrected chi connectivity index (χ4v) is 2.75. The Morgan fingerprint density at radius 3 is 0.591 bits per heavy atom. The van der Waals surface area contributed by atoms with E-state index in [9.17, 15) is 0 Å². The fourth-order valence-electron chi connectivity index (χ4n) is 2.75. The molecule has 0 aromatic heterocycles. The molecule has 0 spiro atoms. The van der Waals surface area contributed by atoms with Gasteiger partial charge in [-0.2, -0.15) is 0 Å². The molecule has 0 saturated carbocycles. The van der Waals surface area contributed by atoms with Crippen molar-refractivity contribution in [3.63, 3.8) is 0 Å². The zero-order valence-electron chi connectivity index (χ0n) is 17.0. The Balaban J connectivity index is 3.90. The Labute approximate surface area is 139 Å². The minimum absolute atomic E-state index is 0.0789. The Morgan fingerprint density at radius 1 is 0.364 bits per heavy atom. The molecule has 22 heavy (non-hydrogen) atoms. The average molecular weight is 301 g/mol. The molecule has 124 valence electrons. The Hall–Kier alpha value is -0.960. The third-order valence-electron chi connectivity index (χ3n) is 4.00.